The average Bonchev–Trinajstić information content (AvgIpc) is 3.02. The van der Waals surface area contributed by atoms with Gasteiger partial charge in [-0.3, -0.25) is 0 Å². The van der Waals surface area contributed by atoms with Gasteiger partial charge in [0.05, 0.1) is 18.7 Å². The van der Waals surface area contributed by atoms with Crippen LogP contribution in [-0.4, -0.2) is 29.7 Å². The van der Waals surface area contributed by atoms with Gasteiger partial charge in [-0.2, -0.15) is 5.26 Å². The molecule has 1 atom stereocenters. The lowest BCUT2D eigenvalue weighted by Gasteiger charge is -2.32. The van der Waals surface area contributed by atoms with Crippen molar-refractivity contribution < 1.29 is 4.74 Å². The van der Waals surface area contributed by atoms with Gasteiger partial charge in [0.25, 0.3) is 0 Å². The number of rotatable bonds is 2. The molecule has 3 heterocycles. The Hall–Kier alpha value is -1.97. The second-order valence-electron chi connectivity index (χ2n) is 4.19. The highest BCUT2D eigenvalue weighted by Crippen LogP contribution is 2.26. The summed E-state index contributed by atoms with van der Waals surface area (Å²) >= 11 is 1.61. The van der Waals surface area contributed by atoms with Gasteiger partial charge in [0.15, 0.2) is 0 Å². The predicted molar refractivity (Wildman–Crippen MR) is 72.0 cm³/mol. The summed E-state index contributed by atoms with van der Waals surface area (Å²) in [7, 11) is 0. The van der Waals surface area contributed by atoms with Gasteiger partial charge in [0, 0.05) is 24.3 Å². The number of hydrogen-bond acceptors (Lipinski definition) is 6. The summed E-state index contributed by atoms with van der Waals surface area (Å²) in [5.41, 5.74) is 0.577. The lowest BCUT2D eigenvalue weighted by Crippen LogP contribution is -2.38. The van der Waals surface area contributed by atoms with Crippen LogP contribution in [0.15, 0.2) is 29.9 Å². The number of ether oxygens (including phenoxy) is 1. The first-order valence-electron chi connectivity index (χ1n) is 5.99. The zero-order chi connectivity index (χ0) is 13.1. The van der Waals surface area contributed by atoms with Crippen molar-refractivity contribution in [2.45, 2.75) is 6.10 Å². The minimum Gasteiger partial charge on any atom is -0.367 e. The van der Waals surface area contributed by atoms with Crippen molar-refractivity contribution >= 4 is 17.2 Å². The van der Waals surface area contributed by atoms with Gasteiger partial charge < -0.3 is 9.64 Å². The number of hydrogen-bond donors (Lipinski definition) is 0. The molecule has 0 spiro atoms. The lowest BCUT2D eigenvalue weighted by atomic mass is 10.2. The van der Waals surface area contributed by atoms with Crippen LogP contribution in [0.2, 0.25) is 0 Å². The molecule has 0 radical (unpaired) electrons. The number of thiazole rings is 1. The summed E-state index contributed by atoms with van der Waals surface area (Å²) in [5, 5.41) is 11.7. The van der Waals surface area contributed by atoms with Gasteiger partial charge in [0.1, 0.15) is 23.0 Å². The van der Waals surface area contributed by atoms with E-state index in [1.807, 2.05) is 11.4 Å². The predicted octanol–water partition coefficient (Wildman–Crippen LogP) is 1.99. The molecule has 6 heteroatoms. The summed E-state index contributed by atoms with van der Waals surface area (Å²) in [4.78, 5) is 10.8. The van der Waals surface area contributed by atoms with Crippen molar-refractivity contribution in [2.75, 3.05) is 24.6 Å². The van der Waals surface area contributed by atoms with E-state index in [0.717, 1.165) is 23.9 Å². The molecular weight excluding hydrogens is 260 g/mol. The Kier molecular flexibility index (Phi) is 3.40. The first-order chi connectivity index (χ1) is 9.36. The molecule has 1 aliphatic rings. The molecule has 0 aliphatic carbocycles. The number of morpholine rings is 1. The Bertz CT molecular complexity index is 576. The molecule has 1 aliphatic heterocycles. The van der Waals surface area contributed by atoms with E-state index in [-0.39, 0.29) is 6.10 Å². The smallest absolute Gasteiger partial charge is 0.128 e. The second-order valence-corrected chi connectivity index (χ2v) is 5.12. The fourth-order valence-electron chi connectivity index (χ4n) is 2.04. The third-order valence-corrected chi connectivity index (χ3v) is 3.86. The quantitative estimate of drug-likeness (QED) is 0.836. The molecule has 96 valence electrons. The van der Waals surface area contributed by atoms with E-state index in [0.29, 0.717) is 12.2 Å². The molecule has 0 bridgehead atoms. The van der Waals surface area contributed by atoms with Crippen LogP contribution >= 0.6 is 11.3 Å². The van der Waals surface area contributed by atoms with Gasteiger partial charge in [-0.15, -0.1) is 11.3 Å². The van der Waals surface area contributed by atoms with Gasteiger partial charge in [0.2, 0.25) is 0 Å². The highest BCUT2D eigenvalue weighted by atomic mass is 32.1. The highest BCUT2D eigenvalue weighted by molar-refractivity contribution is 7.09. The fourth-order valence-corrected chi connectivity index (χ4v) is 2.72. The normalized spacial score (nSPS) is 19.1. The molecule has 0 saturated carbocycles. The molecule has 2 aromatic heterocycles. The van der Waals surface area contributed by atoms with Crippen LogP contribution in [0, 0.1) is 11.3 Å². The molecule has 1 fully saturated rings. The van der Waals surface area contributed by atoms with Gasteiger partial charge >= 0.3 is 0 Å². The molecule has 0 N–H and O–H groups in total. The Morgan fingerprint density at radius 3 is 3.05 bits per heavy atom. The lowest BCUT2D eigenvalue weighted by molar-refractivity contribution is 0.0394. The minimum atomic E-state index is 0.00573. The Morgan fingerprint density at radius 1 is 1.42 bits per heavy atom. The standard InChI is InChI=1S/C13H12N4OS/c14-7-10-1-2-12(16-8-10)17-4-5-18-11(9-17)13-15-3-6-19-13/h1-3,6,8,11H,4-5,9H2/t11-/m1/s1. The number of nitriles is 1. The summed E-state index contributed by atoms with van der Waals surface area (Å²) in [6, 6.07) is 5.74. The number of nitrogens with zero attached hydrogens (tertiary/aromatic N) is 4. The van der Waals surface area contributed by atoms with Crippen molar-refractivity contribution in [1.29, 1.82) is 5.26 Å². The van der Waals surface area contributed by atoms with Crippen LogP contribution in [0.3, 0.4) is 0 Å². The summed E-state index contributed by atoms with van der Waals surface area (Å²) < 4.78 is 5.75. The van der Waals surface area contributed by atoms with Crippen LogP contribution in [-0.2, 0) is 4.74 Å². The van der Waals surface area contributed by atoms with Gasteiger partial charge in [-0.25, -0.2) is 9.97 Å². The summed E-state index contributed by atoms with van der Waals surface area (Å²) in [5.74, 6) is 0.879. The largest absolute Gasteiger partial charge is 0.367 e. The topological polar surface area (TPSA) is 62.0 Å². The number of pyridine rings is 1. The Balaban J connectivity index is 1.76. The van der Waals surface area contributed by atoms with Gasteiger partial charge in [-0.1, -0.05) is 0 Å². The van der Waals surface area contributed by atoms with Crippen LogP contribution in [0.5, 0.6) is 0 Å². The first-order valence-corrected chi connectivity index (χ1v) is 6.87. The average molecular weight is 272 g/mol. The molecule has 3 rings (SSSR count). The van der Waals surface area contributed by atoms with Crippen molar-refractivity contribution in [2.24, 2.45) is 0 Å². The van der Waals surface area contributed by atoms with E-state index in [1.165, 1.54) is 0 Å². The minimum absolute atomic E-state index is 0.00573. The maximum atomic E-state index is 8.78. The molecule has 19 heavy (non-hydrogen) atoms. The molecule has 0 amide bonds. The molecule has 0 unspecified atom stereocenters. The van der Waals surface area contributed by atoms with Crippen LogP contribution < -0.4 is 4.90 Å². The van der Waals surface area contributed by atoms with E-state index in [2.05, 4.69) is 20.9 Å². The molecule has 1 saturated heterocycles. The van der Waals surface area contributed by atoms with Crippen molar-refractivity contribution in [1.82, 2.24) is 9.97 Å². The van der Waals surface area contributed by atoms with E-state index in [9.17, 15) is 0 Å². The maximum Gasteiger partial charge on any atom is 0.128 e. The number of anilines is 1. The molecule has 0 aromatic carbocycles. The summed E-state index contributed by atoms with van der Waals surface area (Å²) in [6.07, 6.45) is 3.40. The molecular formula is C13H12N4OS. The van der Waals surface area contributed by atoms with Crippen molar-refractivity contribution in [3.8, 4) is 6.07 Å². The van der Waals surface area contributed by atoms with Crippen LogP contribution in [0.4, 0.5) is 5.82 Å². The van der Waals surface area contributed by atoms with Crippen molar-refractivity contribution in [3.05, 3.63) is 40.5 Å². The highest BCUT2D eigenvalue weighted by Gasteiger charge is 2.24. The van der Waals surface area contributed by atoms with Crippen molar-refractivity contribution in [3.63, 3.8) is 0 Å². The zero-order valence-electron chi connectivity index (χ0n) is 10.2. The third-order valence-electron chi connectivity index (χ3n) is 2.99. The van der Waals surface area contributed by atoms with E-state index < -0.39 is 0 Å². The van der Waals surface area contributed by atoms with E-state index in [4.69, 9.17) is 10.00 Å². The van der Waals surface area contributed by atoms with Crippen LogP contribution in [0.1, 0.15) is 16.7 Å². The second kappa shape index (κ2) is 5.34. The first kappa shape index (κ1) is 12.1. The van der Waals surface area contributed by atoms with E-state index >= 15 is 0 Å². The van der Waals surface area contributed by atoms with E-state index in [1.54, 1.807) is 29.8 Å². The molecule has 2 aromatic rings. The maximum absolute atomic E-state index is 8.78. The monoisotopic (exact) mass is 272 g/mol. The van der Waals surface area contributed by atoms with Gasteiger partial charge in [-0.05, 0) is 12.1 Å². The van der Waals surface area contributed by atoms with Crippen LogP contribution in [0.25, 0.3) is 0 Å². The fraction of sp³-hybridized carbons (Fsp3) is 0.308. The zero-order valence-corrected chi connectivity index (χ0v) is 11.0. The third kappa shape index (κ3) is 2.57. The number of aromatic nitrogens is 2. The Morgan fingerprint density at radius 2 is 2.37 bits per heavy atom. The summed E-state index contributed by atoms with van der Waals surface area (Å²) in [6.45, 7) is 2.21. The Labute approximate surface area is 115 Å². The SMILES string of the molecule is N#Cc1ccc(N2CCO[C@@H](c3nccs3)C2)nc1. The molecule has 5 nitrogen and oxygen atoms in total.